The summed E-state index contributed by atoms with van der Waals surface area (Å²) in [7, 11) is 0. The molecule has 0 spiro atoms. The van der Waals surface area contributed by atoms with E-state index in [1.807, 2.05) is 0 Å². The fourth-order valence-corrected chi connectivity index (χ4v) is 2.82. The van der Waals surface area contributed by atoms with Gasteiger partial charge in [0.05, 0.1) is 31.2 Å². The zero-order chi connectivity index (χ0) is 18.5. The maximum Gasteiger partial charge on any atom is 0.292 e. The largest absolute Gasteiger partial charge is 0.380 e. The van der Waals surface area contributed by atoms with Crippen LogP contribution in [0.3, 0.4) is 0 Å². The van der Waals surface area contributed by atoms with Gasteiger partial charge in [0.25, 0.3) is 5.56 Å². The van der Waals surface area contributed by atoms with Crippen LogP contribution in [0, 0.1) is 11.6 Å². The second-order valence-corrected chi connectivity index (χ2v) is 6.20. The highest BCUT2D eigenvalue weighted by Gasteiger charge is 2.16. The maximum atomic E-state index is 13.8. The fourth-order valence-electron chi connectivity index (χ4n) is 2.63. The van der Waals surface area contributed by atoms with Crippen LogP contribution in [0.1, 0.15) is 12.8 Å². The van der Waals surface area contributed by atoms with Crippen LogP contribution in [0.4, 0.5) is 14.5 Å². The summed E-state index contributed by atoms with van der Waals surface area (Å²) in [5.74, 6) is -1.65. The normalized spacial score (nSPS) is 16.8. The minimum absolute atomic E-state index is 0.136. The molecule has 1 aliphatic rings. The van der Waals surface area contributed by atoms with E-state index in [1.54, 1.807) is 0 Å². The number of anilines is 1. The van der Waals surface area contributed by atoms with Crippen LogP contribution in [-0.4, -0.2) is 42.2 Å². The molecule has 0 aliphatic carbocycles. The van der Waals surface area contributed by atoms with E-state index in [9.17, 15) is 13.6 Å². The van der Waals surface area contributed by atoms with Crippen molar-refractivity contribution in [3.8, 4) is 5.69 Å². The molecule has 1 atom stereocenters. The molecular formula is C17H18ClF2N3O3. The van der Waals surface area contributed by atoms with Crippen molar-refractivity contribution < 1.29 is 18.3 Å². The molecule has 0 saturated carbocycles. The summed E-state index contributed by atoms with van der Waals surface area (Å²) in [5.41, 5.74) is -0.566. The average Bonchev–Trinajstić information content (AvgIpc) is 3.12. The third-order valence-corrected chi connectivity index (χ3v) is 4.31. The molecule has 1 aromatic carbocycles. The fraction of sp³-hybridized carbons (Fsp3) is 0.412. The van der Waals surface area contributed by atoms with Crippen molar-refractivity contribution in [1.29, 1.82) is 0 Å². The first-order chi connectivity index (χ1) is 12.6. The summed E-state index contributed by atoms with van der Waals surface area (Å²) in [5, 5.41) is 6.71. The molecule has 140 valence electrons. The van der Waals surface area contributed by atoms with E-state index in [0.717, 1.165) is 36.3 Å². The summed E-state index contributed by atoms with van der Waals surface area (Å²) in [6, 6.07) is 2.84. The highest BCUT2D eigenvalue weighted by atomic mass is 35.5. The van der Waals surface area contributed by atoms with E-state index in [4.69, 9.17) is 21.1 Å². The van der Waals surface area contributed by atoms with E-state index in [2.05, 4.69) is 10.4 Å². The Hall–Kier alpha value is -2.03. The predicted octanol–water partition coefficient (Wildman–Crippen LogP) is 2.77. The Balaban J connectivity index is 1.61. The van der Waals surface area contributed by atoms with Crippen molar-refractivity contribution in [3.05, 3.63) is 51.4 Å². The molecule has 1 N–H and O–H groups in total. The van der Waals surface area contributed by atoms with Crippen molar-refractivity contribution in [2.45, 2.75) is 18.9 Å². The van der Waals surface area contributed by atoms with Crippen LogP contribution in [0.2, 0.25) is 5.02 Å². The molecule has 6 nitrogen and oxygen atoms in total. The lowest BCUT2D eigenvalue weighted by Gasteiger charge is -2.12. The van der Waals surface area contributed by atoms with Gasteiger partial charge in [-0.15, -0.1) is 0 Å². The van der Waals surface area contributed by atoms with Crippen molar-refractivity contribution in [3.63, 3.8) is 0 Å². The van der Waals surface area contributed by atoms with Gasteiger partial charge in [0, 0.05) is 19.2 Å². The molecule has 2 aromatic rings. The van der Waals surface area contributed by atoms with Crippen molar-refractivity contribution in [1.82, 2.24) is 9.78 Å². The maximum absolute atomic E-state index is 13.8. The summed E-state index contributed by atoms with van der Waals surface area (Å²) >= 11 is 6.06. The third kappa shape index (κ3) is 4.38. The number of hydrogen-bond donors (Lipinski definition) is 1. The number of nitrogens with zero attached hydrogens (tertiary/aromatic N) is 2. The first-order valence-corrected chi connectivity index (χ1v) is 8.60. The number of hydrogen-bond acceptors (Lipinski definition) is 5. The minimum atomic E-state index is -0.904. The Morgan fingerprint density at radius 3 is 3.00 bits per heavy atom. The Kier molecular flexibility index (Phi) is 6.18. The van der Waals surface area contributed by atoms with Crippen LogP contribution in [0.5, 0.6) is 0 Å². The highest BCUT2D eigenvalue weighted by Crippen LogP contribution is 2.18. The number of nitrogens with one attached hydrogen (secondary N) is 1. The molecule has 26 heavy (non-hydrogen) atoms. The average molecular weight is 386 g/mol. The monoisotopic (exact) mass is 385 g/mol. The SMILES string of the molecule is O=c1c(Cl)c(NCCOCC2CCCO2)cnn1-c1ccc(F)cc1F. The smallest absolute Gasteiger partial charge is 0.292 e. The molecule has 9 heteroatoms. The second-order valence-electron chi connectivity index (χ2n) is 5.82. The lowest BCUT2D eigenvalue weighted by molar-refractivity contribution is 0.0206. The zero-order valence-electron chi connectivity index (χ0n) is 13.9. The highest BCUT2D eigenvalue weighted by molar-refractivity contribution is 6.32. The number of rotatable bonds is 7. The van der Waals surface area contributed by atoms with Gasteiger partial charge in [-0.1, -0.05) is 11.6 Å². The molecule has 1 unspecified atom stereocenters. The van der Waals surface area contributed by atoms with Gasteiger partial charge in [0.2, 0.25) is 0 Å². The molecule has 3 rings (SSSR count). The first kappa shape index (κ1) is 18.8. The molecule has 1 saturated heterocycles. The molecule has 1 aliphatic heterocycles. The summed E-state index contributed by atoms with van der Waals surface area (Å²) in [6.45, 7) is 2.13. The van der Waals surface area contributed by atoms with E-state index in [-0.39, 0.29) is 16.8 Å². The summed E-state index contributed by atoms with van der Waals surface area (Å²) in [6.07, 6.45) is 3.52. The van der Waals surface area contributed by atoms with Crippen molar-refractivity contribution in [2.75, 3.05) is 31.7 Å². The van der Waals surface area contributed by atoms with Crippen LogP contribution in [0.25, 0.3) is 5.69 Å². The van der Waals surface area contributed by atoms with Crippen LogP contribution in [0.15, 0.2) is 29.2 Å². The van der Waals surface area contributed by atoms with Crippen molar-refractivity contribution >= 4 is 17.3 Å². The van der Waals surface area contributed by atoms with Gasteiger partial charge in [-0.3, -0.25) is 4.79 Å². The van der Waals surface area contributed by atoms with Crippen LogP contribution >= 0.6 is 11.6 Å². The molecule has 0 bridgehead atoms. The van der Waals surface area contributed by atoms with Crippen molar-refractivity contribution in [2.24, 2.45) is 0 Å². The number of ether oxygens (including phenoxy) is 2. The van der Waals surface area contributed by atoms with Gasteiger partial charge in [-0.2, -0.15) is 9.78 Å². The molecular weight excluding hydrogens is 368 g/mol. The molecule has 1 fully saturated rings. The minimum Gasteiger partial charge on any atom is -0.380 e. The van der Waals surface area contributed by atoms with Gasteiger partial charge >= 0.3 is 0 Å². The van der Waals surface area contributed by atoms with Crippen LogP contribution < -0.4 is 10.9 Å². The Bertz CT molecular complexity index is 825. The second kappa shape index (κ2) is 8.57. The standard InChI is InChI=1S/C17H18ClF2N3O3/c18-16-14(21-5-7-25-10-12-2-1-6-26-12)9-22-23(17(16)24)15-4-3-11(19)8-13(15)20/h3-4,8-9,12,21H,1-2,5-7,10H2. The Morgan fingerprint density at radius 1 is 1.42 bits per heavy atom. The molecule has 2 heterocycles. The van der Waals surface area contributed by atoms with E-state index in [0.29, 0.717) is 31.5 Å². The first-order valence-electron chi connectivity index (χ1n) is 8.22. The topological polar surface area (TPSA) is 65.4 Å². The number of benzene rings is 1. The number of halogens is 3. The molecule has 0 amide bonds. The quantitative estimate of drug-likeness (QED) is 0.742. The lowest BCUT2D eigenvalue weighted by Crippen LogP contribution is -2.24. The van der Waals surface area contributed by atoms with E-state index < -0.39 is 17.2 Å². The summed E-state index contributed by atoms with van der Waals surface area (Å²) < 4.78 is 38.6. The van der Waals surface area contributed by atoms with Crippen LogP contribution in [-0.2, 0) is 9.47 Å². The van der Waals surface area contributed by atoms with Gasteiger partial charge < -0.3 is 14.8 Å². The lowest BCUT2D eigenvalue weighted by atomic mass is 10.2. The Morgan fingerprint density at radius 2 is 2.27 bits per heavy atom. The van der Waals surface area contributed by atoms with Gasteiger partial charge in [-0.05, 0) is 25.0 Å². The van der Waals surface area contributed by atoms with E-state index in [1.165, 1.54) is 6.20 Å². The third-order valence-electron chi connectivity index (χ3n) is 3.95. The zero-order valence-corrected chi connectivity index (χ0v) is 14.6. The molecule has 0 radical (unpaired) electrons. The van der Waals surface area contributed by atoms with Gasteiger partial charge in [0.15, 0.2) is 5.82 Å². The van der Waals surface area contributed by atoms with E-state index >= 15 is 0 Å². The summed E-state index contributed by atoms with van der Waals surface area (Å²) in [4.78, 5) is 12.3. The molecule has 1 aromatic heterocycles. The van der Waals surface area contributed by atoms with Gasteiger partial charge in [0.1, 0.15) is 16.5 Å². The number of aromatic nitrogens is 2. The Labute approximate surface area is 153 Å². The van der Waals surface area contributed by atoms with Gasteiger partial charge in [-0.25, -0.2) is 8.78 Å². The predicted molar refractivity (Wildman–Crippen MR) is 93.0 cm³/mol.